The first kappa shape index (κ1) is 26.2. The second kappa shape index (κ2) is 11.0. The molecule has 0 saturated carbocycles. The van der Waals surface area contributed by atoms with Gasteiger partial charge in [-0.2, -0.15) is 0 Å². The van der Waals surface area contributed by atoms with Gasteiger partial charge in [0.05, 0.1) is 31.5 Å². The molecular formula is C28H34N4O5. The summed E-state index contributed by atoms with van der Waals surface area (Å²) in [5.41, 5.74) is 2.13. The predicted molar refractivity (Wildman–Crippen MR) is 141 cm³/mol. The molecule has 0 unspecified atom stereocenters. The minimum Gasteiger partial charge on any atom is -0.505 e. The van der Waals surface area contributed by atoms with Crippen LogP contribution >= 0.6 is 0 Å². The first-order chi connectivity index (χ1) is 17.9. The monoisotopic (exact) mass is 506 g/mol. The SMILES string of the molecule is CCN(CC)CCCN1C(=O)C(=O)C(=C(O)c2c(C)nc3ccccn23)[C@@H]1c1cccc(OC)c1OC. The number of fused-ring (bicyclic) bond motifs is 1. The number of carbonyl (C=O) groups excluding carboxylic acids is 2. The van der Waals surface area contributed by atoms with Gasteiger partial charge in [0, 0.05) is 18.3 Å². The van der Waals surface area contributed by atoms with Crippen LogP contribution in [0.4, 0.5) is 0 Å². The Morgan fingerprint density at radius 2 is 1.84 bits per heavy atom. The topological polar surface area (TPSA) is 96.6 Å². The van der Waals surface area contributed by atoms with E-state index in [0.29, 0.717) is 47.1 Å². The van der Waals surface area contributed by atoms with Gasteiger partial charge in [-0.1, -0.05) is 32.0 Å². The highest BCUT2D eigenvalue weighted by Gasteiger charge is 2.47. The number of methoxy groups -OCH3 is 2. The van der Waals surface area contributed by atoms with Gasteiger partial charge in [0.2, 0.25) is 0 Å². The third kappa shape index (κ3) is 4.67. The standard InChI is InChI=1S/C28H34N4O5/c1-6-30(7-2)15-11-17-32-24(19-12-10-13-20(36-4)27(19)37-5)22(26(34)28(32)35)25(33)23-18(3)29-21-14-8-9-16-31(21)23/h8-10,12-14,16,24,33H,6-7,11,15,17H2,1-5H3/t24-/m0/s1. The summed E-state index contributed by atoms with van der Waals surface area (Å²) in [6.45, 7) is 8.87. The molecule has 1 aromatic carbocycles. The molecule has 3 heterocycles. The van der Waals surface area contributed by atoms with Crippen LogP contribution in [0.3, 0.4) is 0 Å². The molecule has 0 aliphatic carbocycles. The summed E-state index contributed by atoms with van der Waals surface area (Å²) in [5, 5.41) is 11.6. The number of ketones is 1. The highest BCUT2D eigenvalue weighted by Crippen LogP contribution is 2.45. The molecule has 9 heteroatoms. The summed E-state index contributed by atoms with van der Waals surface area (Å²) in [4.78, 5) is 35.3. The molecule has 1 atom stereocenters. The fourth-order valence-electron chi connectivity index (χ4n) is 5.09. The molecule has 1 saturated heterocycles. The van der Waals surface area contributed by atoms with Crippen LogP contribution in [0.5, 0.6) is 11.5 Å². The maximum Gasteiger partial charge on any atom is 0.295 e. The number of amides is 1. The Balaban J connectivity index is 1.89. The minimum atomic E-state index is -0.851. The summed E-state index contributed by atoms with van der Waals surface area (Å²) in [6.07, 6.45) is 2.44. The molecule has 37 heavy (non-hydrogen) atoms. The van der Waals surface area contributed by atoms with E-state index in [1.165, 1.54) is 19.1 Å². The number of carbonyl (C=O) groups is 2. The number of hydrogen-bond donors (Lipinski definition) is 1. The first-order valence-corrected chi connectivity index (χ1v) is 12.5. The van der Waals surface area contributed by atoms with E-state index in [0.717, 1.165) is 19.6 Å². The number of pyridine rings is 1. The van der Waals surface area contributed by atoms with E-state index >= 15 is 0 Å². The number of benzene rings is 1. The number of aliphatic hydroxyl groups is 1. The second-order valence-corrected chi connectivity index (χ2v) is 8.93. The number of Topliss-reactive ketones (excluding diaryl/α,β-unsaturated/α-hetero) is 1. The van der Waals surface area contributed by atoms with Crippen LogP contribution in [-0.2, 0) is 9.59 Å². The molecule has 1 N–H and O–H groups in total. The third-order valence-corrected chi connectivity index (χ3v) is 6.96. The Bertz CT molecular complexity index is 1340. The molecule has 4 rings (SSSR count). The molecule has 0 spiro atoms. The van der Waals surface area contributed by atoms with Crippen molar-refractivity contribution in [1.82, 2.24) is 19.2 Å². The minimum absolute atomic E-state index is 0.00754. The van der Waals surface area contributed by atoms with Crippen molar-refractivity contribution in [3.63, 3.8) is 0 Å². The van der Waals surface area contributed by atoms with Crippen LogP contribution < -0.4 is 9.47 Å². The average Bonchev–Trinajstić information content (AvgIpc) is 3.38. The molecule has 3 aromatic rings. The van der Waals surface area contributed by atoms with Crippen molar-refractivity contribution in [3.05, 3.63) is 65.1 Å². The summed E-state index contributed by atoms with van der Waals surface area (Å²) < 4.78 is 12.9. The molecule has 1 aliphatic heterocycles. The molecule has 9 nitrogen and oxygen atoms in total. The summed E-state index contributed by atoms with van der Waals surface area (Å²) in [5.74, 6) is -0.773. The number of hydrogen-bond acceptors (Lipinski definition) is 7. The highest BCUT2D eigenvalue weighted by atomic mass is 16.5. The molecule has 2 aromatic heterocycles. The number of aromatic nitrogens is 2. The van der Waals surface area contributed by atoms with Crippen molar-refractivity contribution in [2.45, 2.75) is 33.2 Å². The van der Waals surface area contributed by atoms with Crippen LogP contribution in [0.25, 0.3) is 11.4 Å². The number of aryl methyl sites for hydroxylation is 1. The lowest BCUT2D eigenvalue weighted by Crippen LogP contribution is -2.33. The van der Waals surface area contributed by atoms with Crippen LogP contribution in [0.2, 0.25) is 0 Å². The van der Waals surface area contributed by atoms with Gasteiger partial charge in [0.15, 0.2) is 17.3 Å². The fraction of sp³-hybridized carbons (Fsp3) is 0.393. The number of imidazole rings is 1. The van der Waals surface area contributed by atoms with Crippen LogP contribution in [0.1, 0.15) is 43.3 Å². The van der Waals surface area contributed by atoms with Gasteiger partial charge in [0.25, 0.3) is 11.7 Å². The van der Waals surface area contributed by atoms with E-state index in [4.69, 9.17) is 9.47 Å². The maximum atomic E-state index is 13.5. The largest absolute Gasteiger partial charge is 0.505 e. The van der Waals surface area contributed by atoms with Crippen molar-refractivity contribution in [2.75, 3.05) is 40.4 Å². The smallest absolute Gasteiger partial charge is 0.295 e. The number of nitrogens with zero attached hydrogens (tertiary/aromatic N) is 4. The third-order valence-electron chi connectivity index (χ3n) is 6.96. The molecule has 1 amide bonds. The lowest BCUT2D eigenvalue weighted by Gasteiger charge is -2.28. The Labute approximate surface area is 216 Å². The lowest BCUT2D eigenvalue weighted by atomic mass is 9.95. The van der Waals surface area contributed by atoms with Crippen molar-refractivity contribution in [2.24, 2.45) is 0 Å². The predicted octanol–water partition coefficient (Wildman–Crippen LogP) is 3.81. The van der Waals surface area contributed by atoms with Crippen LogP contribution in [0.15, 0.2) is 48.2 Å². The normalized spacial score (nSPS) is 17.2. The van der Waals surface area contributed by atoms with Gasteiger partial charge in [-0.3, -0.25) is 14.0 Å². The fourth-order valence-corrected chi connectivity index (χ4v) is 5.09. The van der Waals surface area contributed by atoms with Crippen LogP contribution in [0, 0.1) is 6.92 Å². The van der Waals surface area contributed by atoms with E-state index in [-0.39, 0.29) is 11.3 Å². The van der Waals surface area contributed by atoms with Crippen LogP contribution in [-0.4, -0.2) is 76.4 Å². The maximum absolute atomic E-state index is 13.5. The number of rotatable bonds is 10. The molecule has 0 radical (unpaired) electrons. The second-order valence-electron chi connectivity index (χ2n) is 8.93. The number of ether oxygens (including phenoxy) is 2. The van der Waals surface area contributed by atoms with Gasteiger partial charge < -0.3 is 24.4 Å². The molecule has 196 valence electrons. The molecule has 0 bridgehead atoms. The van der Waals surface area contributed by atoms with Gasteiger partial charge in [-0.05, 0) is 51.2 Å². The van der Waals surface area contributed by atoms with Crippen molar-refractivity contribution in [1.29, 1.82) is 0 Å². The molecular weight excluding hydrogens is 472 g/mol. The zero-order valence-corrected chi connectivity index (χ0v) is 22.0. The van der Waals surface area contributed by atoms with E-state index in [2.05, 4.69) is 23.7 Å². The zero-order valence-electron chi connectivity index (χ0n) is 22.0. The quantitative estimate of drug-likeness (QED) is 0.254. The van der Waals surface area contributed by atoms with E-state index < -0.39 is 17.7 Å². The Morgan fingerprint density at radius 3 is 2.51 bits per heavy atom. The van der Waals surface area contributed by atoms with Gasteiger partial charge in [-0.15, -0.1) is 0 Å². The van der Waals surface area contributed by atoms with Crippen molar-refractivity contribution in [3.8, 4) is 11.5 Å². The van der Waals surface area contributed by atoms with Gasteiger partial charge >= 0.3 is 0 Å². The molecule has 1 fully saturated rings. The summed E-state index contributed by atoms with van der Waals surface area (Å²) in [7, 11) is 3.05. The lowest BCUT2D eigenvalue weighted by molar-refractivity contribution is -0.140. The van der Waals surface area contributed by atoms with Gasteiger partial charge in [0.1, 0.15) is 11.3 Å². The van der Waals surface area contributed by atoms with Gasteiger partial charge in [-0.25, -0.2) is 4.98 Å². The summed E-state index contributed by atoms with van der Waals surface area (Å²) in [6, 6.07) is 9.97. The number of likely N-dealkylation sites (tertiary alicyclic amines) is 1. The Morgan fingerprint density at radius 1 is 1.08 bits per heavy atom. The van der Waals surface area contributed by atoms with Crippen molar-refractivity contribution < 1.29 is 24.2 Å². The summed E-state index contributed by atoms with van der Waals surface area (Å²) >= 11 is 0. The zero-order chi connectivity index (χ0) is 26.7. The average molecular weight is 507 g/mol. The Kier molecular flexibility index (Phi) is 7.83. The van der Waals surface area contributed by atoms with E-state index in [1.807, 2.05) is 18.2 Å². The highest BCUT2D eigenvalue weighted by molar-refractivity contribution is 6.46. The first-order valence-electron chi connectivity index (χ1n) is 12.5. The van der Waals surface area contributed by atoms with E-state index in [1.54, 1.807) is 35.7 Å². The number of para-hydroxylation sites is 1. The number of aliphatic hydroxyl groups excluding tert-OH is 1. The van der Waals surface area contributed by atoms with E-state index in [9.17, 15) is 14.7 Å². The van der Waals surface area contributed by atoms with Crippen molar-refractivity contribution >= 4 is 23.1 Å². The Hall–Kier alpha value is -3.85. The molecule has 1 aliphatic rings.